The molecular weight excluding hydrogens is 702 g/mol. The highest BCUT2D eigenvalue weighted by atomic mass is 31.2. The van der Waals surface area contributed by atoms with E-state index in [1.54, 1.807) is 14.2 Å². The molecule has 0 amide bonds. The van der Waals surface area contributed by atoms with E-state index in [1.165, 1.54) is 0 Å². The average molecular weight is 749 g/mol. The zero-order valence-electron chi connectivity index (χ0n) is 30.7. The second kappa shape index (κ2) is 18.1. The Bertz CT molecular complexity index is 1880. The number of rotatable bonds is 17. The van der Waals surface area contributed by atoms with Crippen LogP contribution < -0.4 is 20.7 Å². The minimum absolute atomic E-state index is 0.0165. The fourth-order valence-corrected chi connectivity index (χ4v) is 8.26. The SMILES string of the molecule is COc1ccc(C(OC[C@@H]2O[C@H](n3cc(F)c(=O)[nH]c3=O)C[C@H]2OP(OCCC#N)N(C(C)C)C(C)C)(c2ccccc2)c2ccc(OC)cc2)cc1. The third kappa shape index (κ3) is 9.04. The number of aromatic nitrogens is 2. The highest BCUT2D eigenvalue weighted by Crippen LogP contribution is 2.50. The molecule has 282 valence electrons. The standard InChI is InChI=1S/C39H46FN4O8P/c1-26(2)44(27(3)4)53(50-22-10-21-41)52-34-23-36(43-24-33(40)37(45)42-38(43)46)51-35(34)25-49-39(28-11-8-7-9-12-28,29-13-17-31(47-5)18-14-29)30-15-19-32(48-6)20-16-30/h7-9,11-20,24,26-27,34-36H,10,22-23,25H2,1-6H3,(H,42,45,46)/t34-,35+,36+,53?/m1/s1. The zero-order chi connectivity index (χ0) is 38.1. The van der Waals surface area contributed by atoms with E-state index < -0.39 is 49.6 Å². The van der Waals surface area contributed by atoms with E-state index in [0.717, 1.165) is 27.5 Å². The number of nitrogens with one attached hydrogen (secondary N) is 1. The quantitative estimate of drug-likeness (QED) is 0.0710. The van der Waals surface area contributed by atoms with Gasteiger partial charge >= 0.3 is 5.69 Å². The molecule has 1 aliphatic heterocycles. The van der Waals surface area contributed by atoms with E-state index in [9.17, 15) is 19.2 Å². The molecule has 12 nitrogen and oxygen atoms in total. The summed E-state index contributed by atoms with van der Waals surface area (Å²) in [6.07, 6.45) is -1.44. The molecule has 0 saturated carbocycles. The number of ether oxygens (including phenoxy) is 4. The Kier molecular flexibility index (Phi) is 13.6. The van der Waals surface area contributed by atoms with Gasteiger partial charge in [0.1, 0.15) is 29.4 Å². The van der Waals surface area contributed by atoms with Gasteiger partial charge in [-0.15, -0.1) is 0 Å². The van der Waals surface area contributed by atoms with Crippen LogP contribution in [0, 0.1) is 17.1 Å². The predicted octanol–water partition coefficient (Wildman–Crippen LogP) is 6.65. The van der Waals surface area contributed by atoms with E-state index in [0.29, 0.717) is 11.5 Å². The van der Waals surface area contributed by atoms with Crippen LogP contribution >= 0.6 is 8.53 Å². The van der Waals surface area contributed by atoms with Crippen molar-refractivity contribution in [3.8, 4) is 17.6 Å². The molecule has 14 heteroatoms. The molecule has 0 spiro atoms. The van der Waals surface area contributed by atoms with Crippen molar-refractivity contribution < 1.29 is 32.4 Å². The van der Waals surface area contributed by atoms with Crippen molar-refractivity contribution in [3.05, 3.63) is 128 Å². The molecule has 1 unspecified atom stereocenters. The fraction of sp³-hybridized carbons (Fsp3) is 0.410. The van der Waals surface area contributed by atoms with Gasteiger partial charge in [-0.2, -0.15) is 9.65 Å². The highest BCUT2D eigenvalue weighted by Gasteiger charge is 2.45. The Balaban J connectivity index is 1.60. The number of nitriles is 1. The first-order valence-electron chi connectivity index (χ1n) is 17.4. The lowest BCUT2D eigenvalue weighted by molar-refractivity contribution is -0.0927. The number of nitrogens with zero attached hydrogens (tertiary/aromatic N) is 3. The number of halogens is 1. The average Bonchev–Trinajstić information content (AvgIpc) is 3.56. The zero-order valence-corrected chi connectivity index (χ0v) is 31.6. The lowest BCUT2D eigenvalue weighted by Crippen LogP contribution is -2.39. The summed E-state index contributed by atoms with van der Waals surface area (Å²) in [5.74, 6) is 0.216. The van der Waals surface area contributed by atoms with E-state index in [1.807, 2.05) is 112 Å². The summed E-state index contributed by atoms with van der Waals surface area (Å²) in [5, 5.41) is 9.26. The van der Waals surface area contributed by atoms with Gasteiger partial charge in [-0.3, -0.25) is 14.3 Å². The lowest BCUT2D eigenvalue weighted by atomic mass is 9.80. The van der Waals surface area contributed by atoms with Gasteiger partial charge in [0.2, 0.25) is 5.82 Å². The Morgan fingerprint density at radius 1 is 0.943 bits per heavy atom. The maximum atomic E-state index is 14.6. The minimum Gasteiger partial charge on any atom is -0.497 e. The number of benzene rings is 3. The molecule has 1 fully saturated rings. The third-order valence-corrected chi connectivity index (χ3v) is 11.1. The first-order chi connectivity index (χ1) is 25.5. The maximum absolute atomic E-state index is 14.6. The second-order valence-electron chi connectivity index (χ2n) is 13.0. The van der Waals surface area contributed by atoms with Gasteiger partial charge in [-0.05, 0) is 68.7 Å². The summed E-state index contributed by atoms with van der Waals surface area (Å²) >= 11 is 0. The summed E-state index contributed by atoms with van der Waals surface area (Å²) in [6, 6.07) is 27.1. The molecule has 4 atom stereocenters. The number of H-pyrrole nitrogens is 1. The molecule has 0 radical (unpaired) electrons. The Labute approximate surface area is 310 Å². The largest absolute Gasteiger partial charge is 0.497 e. The molecule has 3 aromatic carbocycles. The summed E-state index contributed by atoms with van der Waals surface area (Å²) in [6.45, 7) is 8.21. The van der Waals surface area contributed by atoms with Crippen molar-refractivity contribution >= 4 is 8.53 Å². The van der Waals surface area contributed by atoms with Crippen LogP contribution in [0.5, 0.6) is 11.5 Å². The van der Waals surface area contributed by atoms with Crippen molar-refractivity contribution in [2.45, 2.75) is 76.7 Å². The maximum Gasteiger partial charge on any atom is 0.330 e. The topological polar surface area (TPSA) is 137 Å². The van der Waals surface area contributed by atoms with Crippen LogP contribution in [0.3, 0.4) is 0 Å². The highest BCUT2D eigenvalue weighted by molar-refractivity contribution is 7.44. The van der Waals surface area contributed by atoms with Gasteiger partial charge in [0.15, 0.2) is 0 Å². The third-order valence-electron chi connectivity index (χ3n) is 8.94. The number of methoxy groups -OCH3 is 2. The first kappa shape index (κ1) is 39.8. The molecule has 0 aliphatic carbocycles. The van der Waals surface area contributed by atoms with E-state index in [4.69, 9.17) is 28.0 Å². The fourth-order valence-electron chi connectivity index (χ4n) is 6.50. The van der Waals surface area contributed by atoms with Crippen molar-refractivity contribution in [2.75, 3.05) is 27.4 Å². The van der Waals surface area contributed by atoms with Crippen LogP contribution in [0.25, 0.3) is 0 Å². The monoisotopic (exact) mass is 748 g/mol. The molecule has 4 aromatic rings. The normalized spacial score (nSPS) is 18.0. The second-order valence-corrected chi connectivity index (χ2v) is 14.4. The van der Waals surface area contributed by atoms with Gasteiger partial charge in [0.05, 0.1) is 52.2 Å². The lowest BCUT2D eigenvalue weighted by Gasteiger charge is -2.39. The summed E-state index contributed by atoms with van der Waals surface area (Å²) in [5.41, 5.74) is -0.711. The van der Waals surface area contributed by atoms with Crippen molar-refractivity contribution in [1.82, 2.24) is 14.2 Å². The van der Waals surface area contributed by atoms with Gasteiger partial charge in [-0.1, -0.05) is 54.6 Å². The van der Waals surface area contributed by atoms with Gasteiger partial charge in [0.25, 0.3) is 14.1 Å². The molecule has 1 aromatic heterocycles. The molecule has 0 bridgehead atoms. The van der Waals surface area contributed by atoms with Gasteiger partial charge in [-0.25, -0.2) is 9.46 Å². The van der Waals surface area contributed by atoms with Crippen LogP contribution in [-0.2, 0) is 24.1 Å². The minimum atomic E-state index is -1.74. The smallest absolute Gasteiger partial charge is 0.330 e. The summed E-state index contributed by atoms with van der Waals surface area (Å²) in [4.78, 5) is 26.9. The Hall–Kier alpha value is -4.41. The van der Waals surface area contributed by atoms with Crippen molar-refractivity contribution in [2.24, 2.45) is 0 Å². The van der Waals surface area contributed by atoms with Gasteiger partial charge in [0, 0.05) is 18.5 Å². The van der Waals surface area contributed by atoms with E-state index in [2.05, 4.69) is 10.7 Å². The summed E-state index contributed by atoms with van der Waals surface area (Å²) in [7, 11) is 1.46. The van der Waals surface area contributed by atoms with Crippen LogP contribution in [-0.4, -0.2) is 65.9 Å². The molecule has 53 heavy (non-hydrogen) atoms. The Morgan fingerprint density at radius 3 is 2.04 bits per heavy atom. The molecule has 1 saturated heterocycles. The molecule has 1 aliphatic rings. The van der Waals surface area contributed by atoms with Crippen LogP contribution in [0.1, 0.15) is 63.5 Å². The van der Waals surface area contributed by atoms with E-state index >= 15 is 0 Å². The predicted molar refractivity (Wildman–Crippen MR) is 198 cm³/mol. The number of hydrogen-bond donors (Lipinski definition) is 1. The van der Waals surface area contributed by atoms with Crippen molar-refractivity contribution in [3.63, 3.8) is 0 Å². The number of hydrogen-bond acceptors (Lipinski definition) is 10. The van der Waals surface area contributed by atoms with E-state index in [-0.39, 0.29) is 38.1 Å². The van der Waals surface area contributed by atoms with Crippen LogP contribution in [0.2, 0.25) is 0 Å². The molecule has 2 heterocycles. The first-order valence-corrected chi connectivity index (χ1v) is 18.5. The molecule has 1 N–H and O–H groups in total. The summed E-state index contributed by atoms with van der Waals surface area (Å²) < 4.78 is 55.3. The number of aromatic amines is 1. The van der Waals surface area contributed by atoms with Gasteiger partial charge < -0.3 is 28.0 Å². The van der Waals surface area contributed by atoms with Crippen LogP contribution in [0.4, 0.5) is 4.39 Å². The molecular formula is C39H46FN4O8P. The Morgan fingerprint density at radius 2 is 1.51 bits per heavy atom. The molecule has 5 rings (SSSR count). The van der Waals surface area contributed by atoms with Crippen LogP contribution in [0.15, 0.2) is 94.6 Å². The van der Waals surface area contributed by atoms with Crippen molar-refractivity contribution in [1.29, 1.82) is 5.26 Å².